The summed E-state index contributed by atoms with van der Waals surface area (Å²) in [5.41, 5.74) is -0.381. The van der Waals surface area contributed by atoms with Crippen molar-refractivity contribution in [1.82, 2.24) is 4.72 Å². The maximum Gasteiger partial charge on any atom is 0.321 e. The number of nitro groups is 1. The first-order valence-corrected chi connectivity index (χ1v) is 8.64. The van der Waals surface area contributed by atoms with Crippen molar-refractivity contribution in [3.63, 3.8) is 0 Å². The number of carboxylic acids is 1. The summed E-state index contributed by atoms with van der Waals surface area (Å²) in [5, 5.41) is 19.7. The molecule has 0 heterocycles. The van der Waals surface area contributed by atoms with Gasteiger partial charge in [-0.3, -0.25) is 14.9 Å². The quantitative estimate of drug-likeness (QED) is 0.538. The van der Waals surface area contributed by atoms with Crippen LogP contribution in [0.15, 0.2) is 29.2 Å². The highest BCUT2D eigenvalue weighted by Crippen LogP contribution is 2.18. The molecule has 2 N–H and O–H groups in total. The van der Waals surface area contributed by atoms with Crippen LogP contribution >= 0.6 is 11.8 Å². The van der Waals surface area contributed by atoms with E-state index >= 15 is 0 Å². The van der Waals surface area contributed by atoms with Crippen LogP contribution in [-0.2, 0) is 14.8 Å². The molecular weight excluding hydrogens is 320 g/mol. The third-order valence-electron chi connectivity index (χ3n) is 2.54. The molecule has 0 saturated carbocycles. The van der Waals surface area contributed by atoms with Crippen molar-refractivity contribution >= 4 is 33.4 Å². The van der Waals surface area contributed by atoms with Crippen molar-refractivity contribution in [3.8, 4) is 0 Å². The Hall–Kier alpha value is -1.65. The van der Waals surface area contributed by atoms with Gasteiger partial charge in [0.2, 0.25) is 10.0 Å². The first-order chi connectivity index (χ1) is 9.77. The van der Waals surface area contributed by atoms with Gasteiger partial charge in [-0.25, -0.2) is 8.42 Å². The molecule has 8 nitrogen and oxygen atoms in total. The predicted molar refractivity (Wildman–Crippen MR) is 77.8 cm³/mol. The number of hydrogen-bond donors (Lipinski definition) is 2. The summed E-state index contributed by atoms with van der Waals surface area (Å²) in [6.45, 7) is 0. The molecular formula is C11H14N2O6S2. The highest BCUT2D eigenvalue weighted by molar-refractivity contribution is 7.98. The van der Waals surface area contributed by atoms with E-state index in [0.29, 0.717) is 5.75 Å². The number of nitrogens with zero attached hydrogens (tertiary/aromatic N) is 1. The molecule has 0 bridgehead atoms. The van der Waals surface area contributed by atoms with Crippen LogP contribution in [0.5, 0.6) is 0 Å². The van der Waals surface area contributed by atoms with Gasteiger partial charge in [-0.15, -0.1) is 0 Å². The van der Waals surface area contributed by atoms with Crippen LogP contribution < -0.4 is 4.72 Å². The van der Waals surface area contributed by atoms with Gasteiger partial charge in [-0.1, -0.05) is 6.07 Å². The lowest BCUT2D eigenvalue weighted by molar-refractivity contribution is -0.385. The lowest BCUT2D eigenvalue weighted by Crippen LogP contribution is -2.41. The smallest absolute Gasteiger partial charge is 0.321 e. The van der Waals surface area contributed by atoms with E-state index in [9.17, 15) is 23.3 Å². The van der Waals surface area contributed by atoms with Crippen LogP contribution in [0.1, 0.15) is 6.42 Å². The number of aliphatic carboxylic acids is 1. The predicted octanol–water partition coefficient (Wildman–Crippen LogP) is 1.08. The van der Waals surface area contributed by atoms with Gasteiger partial charge in [-0.2, -0.15) is 16.5 Å². The summed E-state index contributed by atoms with van der Waals surface area (Å²) >= 11 is 1.39. The number of nitrogens with one attached hydrogen (secondary N) is 1. The van der Waals surface area contributed by atoms with E-state index in [0.717, 1.165) is 12.1 Å². The molecule has 0 saturated heterocycles. The van der Waals surface area contributed by atoms with Crippen LogP contribution in [0.3, 0.4) is 0 Å². The zero-order valence-corrected chi connectivity index (χ0v) is 12.7. The Bertz CT molecular complexity index is 631. The molecule has 1 atom stereocenters. The third-order valence-corrected chi connectivity index (χ3v) is 4.66. The number of thioether (sulfide) groups is 1. The van der Waals surface area contributed by atoms with Crippen molar-refractivity contribution in [3.05, 3.63) is 34.4 Å². The van der Waals surface area contributed by atoms with E-state index < -0.39 is 27.0 Å². The van der Waals surface area contributed by atoms with Gasteiger partial charge in [0.05, 0.1) is 9.82 Å². The number of benzene rings is 1. The second-order valence-electron chi connectivity index (χ2n) is 4.05. The molecule has 1 rings (SSSR count). The highest BCUT2D eigenvalue weighted by atomic mass is 32.2. The lowest BCUT2D eigenvalue weighted by Gasteiger charge is -2.14. The van der Waals surface area contributed by atoms with E-state index in [1.165, 1.54) is 23.9 Å². The number of non-ortho nitro benzene ring substituents is 1. The molecule has 0 aromatic heterocycles. The summed E-state index contributed by atoms with van der Waals surface area (Å²) in [6.07, 6.45) is 1.89. The van der Waals surface area contributed by atoms with Gasteiger partial charge >= 0.3 is 5.97 Å². The molecule has 0 fully saturated rings. The maximum atomic E-state index is 12.1. The van der Waals surface area contributed by atoms with Gasteiger partial charge in [-0.05, 0) is 24.5 Å². The fourth-order valence-electron chi connectivity index (χ4n) is 1.49. The van der Waals surface area contributed by atoms with Crippen LogP contribution in [0.4, 0.5) is 5.69 Å². The van der Waals surface area contributed by atoms with Crippen molar-refractivity contribution in [1.29, 1.82) is 0 Å². The minimum atomic E-state index is -4.14. The maximum absolute atomic E-state index is 12.1. The Labute approximate surface area is 125 Å². The number of nitro benzene ring substituents is 1. The molecule has 1 aromatic carbocycles. The standard InChI is InChI=1S/C11H14N2O6S2/c1-20-6-5-10(11(14)15)12-21(18,19)9-4-2-3-8(7-9)13(16)17/h2-4,7,10,12H,5-6H2,1H3,(H,14,15). The summed E-state index contributed by atoms with van der Waals surface area (Å²) in [7, 11) is -4.14. The molecule has 1 aromatic rings. The van der Waals surface area contributed by atoms with E-state index in [1.54, 1.807) is 6.26 Å². The van der Waals surface area contributed by atoms with Crippen molar-refractivity contribution in [2.75, 3.05) is 12.0 Å². The Morgan fingerprint density at radius 2 is 2.19 bits per heavy atom. The SMILES string of the molecule is CSCCC(NS(=O)(=O)c1cccc([N+](=O)[O-])c1)C(=O)O. The zero-order chi connectivity index (χ0) is 16.0. The van der Waals surface area contributed by atoms with Gasteiger partial charge in [0.1, 0.15) is 6.04 Å². The Balaban J connectivity index is 3.01. The molecule has 0 aliphatic heterocycles. The Morgan fingerprint density at radius 3 is 2.71 bits per heavy atom. The average Bonchev–Trinajstić information content (AvgIpc) is 2.43. The molecule has 116 valence electrons. The van der Waals surface area contributed by atoms with E-state index in [-0.39, 0.29) is 17.0 Å². The fraction of sp³-hybridized carbons (Fsp3) is 0.364. The normalized spacial score (nSPS) is 12.8. The lowest BCUT2D eigenvalue weighted by atomic mass is 10.2. The number of carboxylic acid groups (broad SMARTS) is 1. The van der Waals surface area contributed by atoms with E-state index in [1.807, 2.05) is 4.72 Å². The van der Waals surface area contributed by atoms with Crippen LogP contribution in [0.25, 0.3) is 0 Å². The zero-order valence-electron chi connectivity index (χ0n) is 11.1. The number of rotatable bonds is 8. The molecule has 0 spiro atoms. The van der Waals surface area contributed by atoms with Gasteiger partial charge in [0.15, 0.2) is 0 Å². The second kappa shape index (κ2) is 7.38. The largest absolute Gasteiger partial charge is 0.480 e. The van der Waals surface area contributed by atoms with Crippen LogP contribution in [-0.4, -0.2) is 42.5 Å². The summed E-state index contributed by atoms with van der Waals surface area (Å²) in [4.78, 5) is 20.6. The minimum Gasteiger partial charge on any atom is -0.480 e. The van der Waals surface area contributed by atoms with Crippen molar-refractivity contribution in [2.24, 2.45) is 0 Å². The second-order valence-corrected chi connectivity index (χ2v) is 6.75. The summed E-state index contributed by atoms with van der Waals surface area (Å²) in [5.74, 6) is -0.827. The monoisotopic (exact) mass is 334 g/mol. The third kappa shape index (κ3) is 4.99. The first-order valence-electron chi connectivity index (χ1n) is 5.76. The molecule has 0 aliphatic rings. The Kier molecular flexibility index (Phi) is 6.12. The number of carbonyl (C=O) groups is 1. The molecule has 1 unspecified atom stereocenters. The van der Waals surface area contributed by atoms with Gasteiger partial charge in [0.25, 0.3) is 5.69 Å². The van der Waals surface area contributed by atoms with E-state index in [2.05, 4.69) is 0 Å². The first kappa shape index (κ1) is 17.4. The average molecular weight is 334 g/mol. The summed E-state index contributed by atoms with van der Waals surface area (Å²) in [6, 6.07) is 3.16. The molecule has 0 radical (unpaired) electrons. The minimum absolute atomic E-state index is 0.116. The van der Waals surface area contributed by atoms with Crippen molar-refractivity contribution in [2.45, 2.75) is 17.4 Å². The van der Waals surface area contributed by atoms with Gasteiger partial charge in [0, 0.05) is 12.1 Å². The topological polar surface area (TPSA) is 127 Å². The number of hydrogen-bond acceptors (Lipinski definition) is 6. The van der Waals surface area contributed by atoms with Gasteiger partial charge < -0.3 is 5.11 Å². The molecule has 21 heavy (non-hydrogen) atoms. The van der Waals surface area contributed by atoms with Crippen molar-refractivity contribution < 1.29 is 23.2 Å². The summed E-state index contributed by atoms with van der Waals surface area (Å²) < 4.78 is 26.2. The molecule has 0 aliphatic carbocycles. The number of sulfonamides is 1. The van der Waals surface area contributed by atoms with E-state index in [4.69, 9.17) is 5.11 Å². The molecule has 0 amide bonds. The molecule has 10 heteroatoms. The fourth-order valence-corrected chi connectivity index (χ4v) is 3.22. The Morgan fingerprint density at radius 1 is 1.52 bits per heavy atom. The van der Waals surface area contributed by atoms with Crippen LogP contribution in [0, 0.1) is 10.1 Å². The van der Waals surface area contributed by atoms with Crippen LogP contribution in [0.2, 0.25) is 0 Å². The highest BCUT2D eigenvalue weighted by Gasteiger charge is 2.26.